The highest BCUT2D eigenvalue weighted by Gasteiger charge is 2.19. The van der Waals surface area contributed by atoms with Gasteiger partial charge in [0.1, 0.15) is 10.7 Å². The molecule has 0 saturated heterocycles. The first-order valence-electron chi connectivity index (χ1n) is 6.56. The largest absolute Gasteiger partial charge is 0.326 e. The molecule has 0 atom stereocenters. The van der Waals surface area contributed by atoms with E-state index in [-0.39, 0.29) is 11.4 Å². The summed E-state index contributed by atoms with van der Waals surface area (Å²) in [7, 11) is -3.95. The molecule has 0 amide bonds. The summed E-state index contributed by atoms with van der Waals surface area (Å²) in [4.78, 5) is -0.390. The Balaban J connectivity index is 2.29. The fraction of sp³-hybridized carbons (Fsp3) is 0.200. The Morgan fingerprint density at radius 2 is 1.71 bits per heavy atom. The number of rotatable bonds is 5. The van der Waals surface area contributed by atoms with Gasteiger partial charge < -0.3 is 5.73 Å². The number of hydrogen-bond acceptors (Lipinski definition) is 3. The Morgan fingerprint density at radius 1 is 1.10 bits per heavy atom. The molecule has 0 bridgehead atoms. The molecule has 0 saturated carbocycles. The normalized spacial score (nSPS) is 11.4. The van der Waals surface area contributed by atoms with E-state index in [2.05, 4.69) is 4.72 Å². The van der Waals surface area contributed by atoms with Gasteiger partial charge in [0, 0.05) is 12.2 Å². The lowest BCUT2D eigenvalue weighted by molar-refractivity contribution is 0.569. The molecule has 0 aliphatic carbocycles. The first-order valence-corrected chi connectivity index (χ1v) is 8.05. The molecule has 0 spiro atoms. The van der Waals surface area contributed by atoms with E-state index in [0.29, 0.717) is 11.3 Å². The molecule has 112 valence electrons. The number of sulfonamides is 1. The number of nitrogens with two attached hydrogens (primary N) is 1. The molecular formula is C15H17FN2O2S. The molecule has 0 aliphatic rings. The zero-order valence-corrected chi connectivity index (χ0v) is 12.5. The van der Waals surface area contributed by atoms with Crippen molar-refractivity contribution < 1.29 is 12.8 Å². The minimum atomic E-state index is -3.95. The predicted octanol–water partition coefficient (Wildman–Crippen LogP) is 2.65. The maximum Gasteiger partial charge on any atom is 0.264 e. The second-order valence-corrected chi connectivity index (χ2v) is 6.28. The topological polar surface area (TPSA) is 72.2 Å². The summed E-state index contributed by atoms with van der Waals surface area (Å²) >= 11 is 0. The first kappa shape index (κ1) is 15.5. The van der Waals surface area contributed by atoms with Crippen LogP contribution in [-0.4, -0.2) is 8.42 Å². The Kier molecular flexibility index (Phi) is 4.59. The van der Waals surface area contributed by atoms with Gasteiger partial charge in [0.2, 0.25) is 0 Å². The molecule has 2 aromatic rings. The number of hydrogen-bond donors (Lipinski definition) is 2. The van der Waals surface area contributed by atoms with Crippen LogP contribution < -0.4 is 10.5 Å². The van der Waals surface area contributed by atoms with E-state index < -0.39 is 15.8 Å². The highest BCUT2D eigenvalue weighted by molar-refractivity contribution is 7.92. The zero-order valence-electron chi connectivity index (χ0n) is 11.6. The Bertz CT molecular complexity index is 728. The van der Waals surface area contributed by atoms with E-state index in [4.69, 9.17) is 5.73 Å². The standard InChI is InChI=1S/C15H17FN2O2S/c1-2-11-3-6-13(7-4-11)18-21(19,20)15-8-5-12(10-17)9-14(15)16/h3-9,18H,2,10,17H2,1H3. The van der Waals surface area contributed by atoms with Crippen LogP contribution in [0.5, 0.6) is 0 Å². The summed E-state index contributed by atoms with van der Waals surface area (Å²) < 4.78 is 40.6. The molecule has 0 aliphatic heterocycles. The lowest BCUT2D eigenvalue weighted by Crippen LogP contribution is -2.15. The van der Waals surface area contributed by atoms with Crippen molar-refractivity contribution in [1.29, 1.82) is 0 Å². The van der Waals surface area contributed by atoms with Crippen LogP contribution in [0.4, 0.5) is 10.1 Å². The molecule has 6 heteroatoms. The minimum Gasteiger partial charge on any atom is -0.326 e. The van der Waals surface area contributed by atoms with Gasteiger partial charge in [-0.3, -0.25) is 4.72 Å². The fourth-order valence-electron chi connectivity index (χ4n) is 1.91. The van der Waals surface area contributed by atoms with Crippen LogP contribution in [0.1, 0.15) is 18.1 Å². The summed E-state index contributed by atoms with van der Waals surface area (Å²) in [6.07, 6.45) is 0.863. The smallest absolute Gasteiger partial charge is 0.264 e. The maximum absolute atomic E-state index is 13.9. The van der Waals surface area contributed by atoms with E-state index in [9.17, 15) is 12.8 Å². The van der Waals surface area contributed by atoms with Crippen LogP contribution in [0.25, 0.3) is 0 Å². The van der Waals surface area contributed by atoms with Gasteiger partial charge in [-0.25, -0.2) is 12.8 Å². The van der Waals surface area contributed by atoms with Crippen LogP contribution in [-0.2, 0) is 23.0 Å². The summed E-state index contributed by atoms with van der Waals surface area (Å²) in [6, 6.07) is 10.8. The number of halogens is 1. The van der Waals surface area contributed by atoms with Crippen molar-refractivity contribution in [2.75, 3.05) is 4.72 Å². The van der Waals surface area contributed by atoms with Gasteiger partial charge in [-0.2, -0.15) is 0 Å². The second kappa shape index (κ2) is 6.24. The lowest BCUT2D eigenvalue weighted by atomic mass is 10.2. The van der Waals surface area contributed by atoms with E-state index >= 15 is 0 Å². The first-order chi connectivity index (χ1) is 9.96. The minimum absolute atomic E-state index is 0.156. The molecule has 2 rings (SSSR count). The molecule has 0 aromatic heterocycles. The van der Waals surface area contributed by atoms with Crippen LogP contribution >= 0.6 is 0 Å². The van der Waals surface area contributed by atoms with Crippen molar-refractivity contribution in [3.8, 4) is 0 Å². The molecule has 4 nitrogen and oxygen atoms in total. The third-order valence-electron chi connectivity index (χ3n) is 3.14. The highest BCUT2D eigenvalue weighted by Crippen LogP contribution is 2.20. The van der Waals surface area contributed by atoms with Crippen molar-refractivity contribution in [3.05, 3.63) is 59.4 Å². The molecule has 0 heterocycles. The van der Waals surface area contributed by atoms with E-state index in [1.165, 1.54) is 12.1 Å². The van der Waals surface area contributed by atoms with E-state index in [0.717, 1.165) is 18.1 Å². The summed E-state index contributed by atoms with van der Waals surface area (Å²) in [5.74, 6) is -0.810. The Hall–Kier alpha value is -1.92. The molecular weight excluding hydrogens is 291 g/mol. The monoisotopic (exact) mass is 308 g/mol. The molecule has 3 N–H and O–H groups in total. The van der Waals surface area contributed by atoms with Gasteiger partial charge in [-0.15, -0.1) is 0 Å². The third-order valence-corrected chi connectivity index (χ3v) is 4.55. The molecule has 21 heavy (non-hydrogen) atoms. The molecule has 2 aromatic carbocycles. The Labute approximate surface area is 123 Å². The SMILES string of the molecule is CCc1ccc(NS(=O)(=O)c2ccc(CN)cc2F)cc1. The van der Waals surface area contributed by atoms with Gasteiger partial charge in [-0.05, 0) is 41.8 Å². The molecule has 0 fully saturated rings. The van der Waals surface area contributed by atoms with E-state index in [1.54, 1.807) is 12.1 Å². The van der Waals surface area contributed by atoms with Gasteiger partial charge in [-0.1, -0.05) is 25.1 Å². The predicted molar refractivity (Wildman–Crippen MR) is 80.9 cm³/mol. The van der Waals surface area contributed by atoms with Gasteiger partial charge >= 0.3 is 0 Å². The molecule has 0 unspecified atom stereocenters. The third kappa shape index (κ3) is 3.59. The highest BCUT2D eigenvalue weighted by atomic mass is 32.2. The Morgan fingerprint density at radius 3 is 2.24 bits per heavy atom. The zero-order chi connectivity index (χ0) is 15.5. The quantitative estimate of drug-likeness (QED) is 0.892. The second-order valence-electron chi connectivity index (χ2n) is 4.62. The van der Waals surface area contributed by atoms with Crippen LogP contribution in [0.15, 0.2) is 47.4 Å². The van der Waals surface area contributed by atoms with Gasteiger partial charge in [0.05, 0.1) is 0 Å². The number of anilines is 1. The van der Waals surface area contributed by atoms with Crippen molar-refractivity contribution in [1.82, 2.24) is 0 Å². The number of nitrogens with one attached hydrogen (secondary N) is 1. The van der Waals surface area contributed by atoms with Crippen molar-refractivity contribution in [3.63, 3.8) is 0 Å². The fourth-order valence-corrected chi connectivity index (χ4v) is 3.03. The summed E-state index contributed by atoms with van der Waals surface area (Å²) in [6.45, 7) is 2.16. The van der Waals surface area contributed by atoms with Crippen LogP contribution in [0.3, 0.4) is 0 Å². The number of benzene rings is 2. The average Bonchev–Trinajstić information content (AvgIpc) is 2.47. The van der Waals surface area contributed by atoms with E-state index in [1.807, 2.05) is 19.1 Å². The van der Waals surface area contributed by atoms with Crippen molar-refractivity contribution in [2.45, 2.75) is 24.8 Å². The van der Waals surface area contributed by atoms with Gasteiger partial charge in [0.15, 0.2) is 0 Å². The van der Waals surface area contributed by atoms with Crippen LogP contribution in [0.2, 0.25) is 0 Å². The number of aryl methyl sites for hydroxylation is 1. The van der Waals surface area contributed by atoms with Crippen molar-refractivity contribution in [2.24, 2.45) is 5.73 Å². The molecule has 0 radical (unpaired) electrons. The van der Waals surface area contributed by atoms with Crippen molar-refractivity contribution >= 4 is 15.7 Å². The maximum atomic E-state index is 13.9. The average molecular weight is 308 g/mol. The summed E-state index contributed by atoms with van der Waals surface area (Å²) in [5.41, 5.74) is 7.43. The summed E-state index contributed by atoms with van der Waals surface area (Å²) in [5, 5.41) is 0. The van der Waals surface area contributed by atoms with Crippen LogP contribution in [0, 0.1) is 5.82 Å². The van der Waals surface area contributed by atoms with Gasteiger partial charge in [0.25, 0.3) is 10.0 Å². The lowest BCUT2D eigenvalue weighted by Gasteiger charge is -2.10.